The molecule has 0 aliphatic carbocycles. The van der Waals surface area contributed by atoms with E-state index in [1.807, 2.05) is 18.8 Å². The van der Waals surface area contributed by atoms with E-state index in [1.54, 1.807) is 0 Å². The lowest BCUT2D eigenvalue weighted by Crippen LogP contribution is -2.48. The van der Waals surface area contributed by atoms with Crippen LogP contribution >= 0.6 is 11.8 Å². The summed E-state index contributed by atoms with van der Waals surface area (Å²) in [5, 5.41) is 3.11. The summed E-state index contributed by atoms with van der Waals surface area (Å²) in [6, 6.07) is 16.8. The van der Waals surface area contributed by atoms with Crippen LogP contribution in [0.4, 0.5) is 0 Å². The quantitative estimate of drug-likeness (QED) is 0.807. The first-order valence-electron chi connectivity index (χ1n) is 8.82. The Balaban J connectivity index is 1.43. The number of likely N-dealkylation sites (N-methyl/N-ethyl adjacent to an activating group) is 1. The Morgan fingerprint density at radius 2 is 1.88 bits per heavy atom. The van der Waals surface area contributed by atoms with Gasteiger partial charge in [-0.3, -0.25) is 9.69 Å². The Morgan fingerprint density at radius 1 is 1.16 bits per heavy atom. The summed E-state index contributed by atoms with van der Waals surface area (Å²) in [6.45, 7) is 3.71. The summed E-state index contributed by atoms with van der Waals surface area (Å²) in [6.07, 6.45) is 0.800. The van der Waals surface area contributed by atoms with Gasteiger partial charge < -0.3 is 5.32 Å². The van der Waals surface area contributed by atoms with Crippen LogP contribution < -0.4 is 5.32 Å². The molecule has 132 valence electrons. The molecule has 1 atom stereocenters. The van der Waals surface area contributed by atoms with E-state index >= 15 is 0 Å². The second-order valence-electron chi connectivity index (χ2n) is 6.67. The number of rotatable bonds is 6. The Kier molecular flexibility index (Phi) is 6.16. The highest BCUT2D eigenvalue weighted by Crippen LogP contribution is 2.22. The van der Waals surface area contributed by atoms with Crippen molar-refractivity contribution >= 4 is 17.7 Å². The van der Waals surface area contributed by atoms with Crippen LogP contribution in [0.3, 0.4) is 0 Å². The highest BCUT2D eigenvalue weighted by Gasteiger charge is 2.28. The molecule has 0 radical (unpaired) electrons. The second-order valence-corrected chi connectivity index (χ2v) is 7.78. The summed E-state index contributed by atoms with van der Waals surface area (Å²) in [4.78, 5) is 14.7. The van der Waals surface area contributed by atoms with Crippen molar-refractivity contribution in [1.82, 2.24) is 10.2 Å². The van der Waals surface area contributed by atoms with Crippen LogP contribution in [-0.2, 0) is 23.5 Å². The lowest BCUT2D eigenvalue weighted by Gasteiger charge is -2.33. The maximum absolute atomic E-state index is 12.5. The van der Waals surface area contributed by atoms with Crippen molar-refractivity contribution in [1.29, 1.82) is 0 Å². The van der Waals surface area contributed by atoms with Gasteiger partial charge in [-0.15, -0.1) is 0 Å². The van der Waals surface area contributed by atoms with Crippen molar-refractivity contribution in [3.63, 3.8) is 0 Å². The van der Waals surface area contributed by atoms with E-state index in [4.69, 9.17) is 0 Å². The average Bonchev–Trinajstić information content (AvgIpc) is 2.62. The Morgan fingerprint density at radius 3 is 2.68 bits per heavy atom. The molecule has 1 heterocycles. The number of benzene rings is 2. The highest BCUT2D eigenvalue weighted by atomic mass is 32.2. The number of nitrogens with zero attached hydrogens (tertiary/aromatic N) is 1. The lowest BCUT2D eigenvalue weighted by atomic mass is 9.94. The van der Waals surface area contributed by atoms with Crippen LogP contribution in [0.15, 0.2) is 48.5 Å². The molecule has 0 saturated carbocycles. The largest absolute Gasteiger partial charge is 0.354 e. The molecule has 25 heavy (non-hydrogen) atoms. The molecule has 3 rings (SSSR count). The fourth-order valence-corrected chi connectivity index (χ4v) is 4.20. The fraction of sp³-hybridized carbons (Fsp3) is 0.381. The molecular formula is C21H26N2OS. The van der Waals surface area contributed by atoms with Crippen LogP contribution in [0.25, 0.3) is 0 Å². The van der Waals surface area contributed by atoms with E-state index in [2.05, 4.69) is 65.7 Å². The molecule has 4 heteroatoms. The summed E-state index contributed by atoms with van der Waals surface area (Å²) in [7, 11) is 2.03. The van der Waals surface area contributed by atoms with Gasteiger partial charge in [0.1, 0.15) is 0 Å². The summed E-state index contributed by atoms with van der Waals surface area (Å²) in [5.74, 6) is 2.08. The first kappa shape index (κ1) is 18.0. The van der Waals surface area contributed by atoms with Crippen LogP contribution in [-0.4, -0.2) is 36.2 Å². The SMILES string of the molecule is Cc1ccccc1CSCCNC(=O)[C@H]1Cc2ccccc2CN1C. The van der Waals surface area contributed by atoms with E-state index in [-0.39, 0.29) is 11.9 Å². The molecular weight excluding hydrogens is 328 g/mol. The van der Waals surface area contributed by atoms with Gasteiger partial charge in [-0.25, -0.2) is 0 Å². The Hall–Kier alpha value is -1.78. The van der Waals surface area contributed by atoms with Gasteiger partial charge in [0.2, 0.25) is 5.91 Å². The topological polar surface area (TPSA) is 32.3 Å². The maximum Gasteiger partial charge on any atom is 0.237 e. The van der Waals surface area contributed by atoms with Crippen molar-refractivity contribution in [2.24, 2.45) is 0 Å². The van der Waals surface area contributed by atoms with Gasteiger partial charge >= 0.3 is 0 Å². The van der Waals surface area contributed by atoms with Gasteiger partial charge in [-0.05, 0) is 42.6 Å². The Labute approximate surface area is 154 Å². The predicted molar refractivity (Wildman–Crippen MR) is 106 cm³/mol. The summed E-state index contributed by atoms with van der Waals surface area (Å²) >= 11 is 1.87. The zero-order valence-corrected chi connectivity index (χ0v) is 15.8. The normalized spacial score (nSPS) is 17.1. The molecule has 3 nitrogen and oxygen atoms in total. The first-order chi connectivity index (χ1) is 12.1. The fourth-order valence-electron chi connectivity index (χ4n) is 3.27. The molecule has 0 unspecified atom stereocenters. The monoisotopic (exact) mass is 354 g/mol. The number of carbonyl (C=O) groups excluding carboxylic acids is 1. The van der Waals surface area contributed by atoms with E-state index < -0.39 is 0 Å². The van der Waals surface area contributed by atoms with Crippen LogP contribution in [0.5, 0.6) is 0 Å². The molecule has 0 bridgehead atoms. The smallest absolute Gasteiger partial charge is 0.237 e. The van der Waals surface area contributed by atoms with Crippen LogP contribution in [0.2, 0.25) is 0 Å². The second kappa shape index (κ2) is 8.54. The van der Waals surface area contributed by atoms with Crippen LogP contribution in [0.1, 0.15) is 22.3 Å². The van der Waals surface area contributed by atoms with Crippen molar-refractivity contribution < 1.29 is 4.79 Å². The molecule has 2 aromatic carbocycles. The van der Waals surface area contributed by atoms with Gasteiger partial charge in [-0.1, -0.05) is 48.5 Å². The lowest BCUT2D eigenvalue weighted by molar-refractivity contribution is -0.126. The van der Waals surface area contributed by atoms with Crippen molar-refractivity contribution in [2.45, 2.75) is 31.7 Å². The third kappa shape index (κ3) is 4.65. The number of amides is 1. The number of carbonyl (C=O) groups is 1. The number of hydrogen-bond donors (Lipinski definition) is 1. The van der Waals surface area contributed by atoms with Crippen molar-refractivity contribution in [2.75, 3.05) is 19.3 Å². The minimum Gasteiger partial charge on any atom is -0.354 e. The molecule has 0 aromatic heterocycles. The number of fused-ring (bicyclic) bond motifs is 1. The van der Waals surface area contributed by atoms with E-state index in [1.165, 1.54) is 22.3 Å². The maximum atomic E-state index is 12.5. The molecule has 1 aliphatic rings. The summed E-state index contributed by atoms with van der Waals surface area (Å²) < 4.78 is 0. The molecule has 1 amide bonds. The van der Waals surface area contributed by atoms with Gasteiger partial charge in [0.15, 0.2) is 0 Å². The van der Waals surface area contributed by atoms with Crippen molar-refractivity contribution in [3.05, 3.63) is 70.8 Å². The molecule has 2 aromatic rings. The average molecular weight is 355 g/mol. The number of nitrogens with one attached hydrogen (secondary N) is 1. The number of aryl methyl sites for hydroxylation is 1. The molecule has 1 N–H and O–H groups in total. The Bertz CT molecular complexity index is 731. The van der Waals surface area contributed by atoms with Crippen molar-refractivity contribution in [3.8, 4) is 0 Å². The number of hydrogen-bond acceptors (Lipinski definition) is 3. The van der Waals surface area contributed by atoms with E-state index in [0.29, 0.717) is 0 Å². The zero-order chi connectivity index (χ0) is 17.6. The summed E-state index contributed by atoms with van der Waals surface area (Å²) in [5.41, 5.74) is 5.35. The molecule has 0 fully saturated rings. The first-order valence-corrected chi connectivity index (χ1v) is 9.97. The molecule has 1 aliphatic heterocycles. The van der Waals surface area contributed by atoms with E-state index in [9.17, 15) is 4.79 Å². The van der Waals surface area contributed by atoms with Crippen LogP contribution in [0, 0.1) is 6.92 Å². The van der Waals surface area contributed by atoms with Gasteiger partial charge in [-0.2, -0.15) is 11.8 Å². The third-order valence-corrected chi connectivity index (χ3v) is 5.86. The van der Waals surface area contributed by atoms with Gasteiger partial charge in [0, 0.05) is 24.6 Å². The standard InChI is InChI=1S/C21H26N2OS/c1-16-7-3-4-10-19(16)15-25-12-11-22-21(24)20-13-17-8-5-6-9-18(17)14-23(20)2/h3-10,20H,11-15H2,1-2H3,(H,22,24)/t20-/m1/s1. The third-order valence-electron chi connectivity index (χ3n) is 4.85. The van der Waals surface area contributed by atoms with Gasteiger partial charge in [0.05, 0.1) is 6.04 Å². The predicted octanol–water partition coefficient (Wildman–Crippen LogP) is 3.40. The molecule has 0 spiro atoms. The minimum atomic E-state index is -0.0590. The van der Waals surface area contributed by atoms with E-state index in [0.717, 1.165) is 31.0 Å². The minimum absolute atomic E-state index is 0.0590. The highest BCUT2D eigenvalue weighted by molar-refractivity contribution is 7.98. The van der Waals surface area contributed by atoms with Gasteiger partial charge in [0.25, 0.3) is 0 Å². The number of thioether (sulfide) groups is 1. The zero-order valence-electron chi connectivity index (χ0n) is 15.0. The molecule has 0 saturated heterocycles.